The number of fused-ring (bicyclic) bond motifs is 3. The Morgan fingerprint density at radius 1 is 1.04 bits per heavy atom. The smallest absolute Gasteiger partial charge is 0.0595 e. The van der Waals surface area contributed by atoms with Crippen LogP contribution in [0.25, 0.3) is 0 Å². The zero-order valence-corrected chi connectivity index (χ0v) is 14.9. The monoisotopic (exact) mass is 363 g/mol. The molecule has 2 aromatic carbocycles. The third kappa shape index (κ3) is 2.55. The van der Waals surface area contributed by atoms with Crippen molar-refractivity contribution in [2.45, 2.75) is 25.3 Å². The van der Waals surface area contributed by atoms with Crippen LogP contribution < -0.4 is 5.32 Å². The molecule has 118 valence electrons. The maximum Gasteiger partial charge on any atom is 0.0595 e. The van der Waals surface area contributed by atoms with Crippen molar-refractivity contribution in [3.63, 3.8) is 0 Å². The lowest BCUT2D eigenvalue weighted by Gasteiger charge is -2.38. The van der Waals surface area contributed by atoms with Crippen LogP contribution in [0.3, 0.4) is 0 Å². The van der Waals surface area contributed by atoms with Crippen LogP contribution in [0.4, 0.5) is 5.69 Å². The molecule has 0 fully saturated rings. The Labute approximate surface area is 151 Å². The summed E-state index contributed by atoms with van der Waals surface area (Å²) in [4.78, 5) is 0. The van der Waals surface area contributed by atoms with Gasteiger partial charge in [0.1, 0.15) is 0 Å². The summed E-state index contributed by atoms with van der Waals surface area (Å²) >= 11 is 18.6. The van der Waals surface area contributed by atoms with Crippen molar-refractivity contribution >= 4 is 40.5 Å². The Bertz CT molecular complexity index is 813. The van der Waals surface area contributed by atoms with Gasteiger partial charge in [-0.3, -0.25) is 0 Å². The van der Waals surface area contributed by atoms with Crippen molar-refractivity contribution in [1.29, 1.82) is 0 Å². The Balaban J connectivity index is 1.82. The standard InChI is InChI=1S/C19H16Cl3N/c1-10-7-12(20)9-15-13-3-2-4-14(13)19(23-18(10)15)11-5-6-16(21)17(22)8-11/h2-3,5-9,13-14,19,23H,4H2,1H3/t13-,14-,19-/m1/s1. The molecule has 0 saturated heterocycles. The first kappa shape index (κ1) is 15.4. The number of benzene rings is 2. The van der Waals surface area contributed by atoms with E-state index in [2.05, 4.69) is 36.5 Å². The highest BCUT2D eigenvalue weighted by Crippen LogP contribution is 2.51. The van der Waals surface area contributed by atoms with Crippen LogP contribution >= 0.6 is 34.8 Å². The minimum Gasteiger partial charge on any atom is -0.377 e. The molecule has 1 aliphatic carbocycles. The molecule has 2 aliphatic rings. The maximum atomic E-state index is 6.28. The molecular formula is C19H16Cl3N. The first-order valence-electron chi connectivity index (χ1n) is 7.73. The molecule has 3 atom stereocenters. The fourth-order valence-electron chi connectivity index (χ4n) is 3.88. The molecule has 1 heterocycles. The number of allylic oxidation sites excluding steroid dienone is 2. The number of rotatable bonds is 1. The summed E-state index contributed by atoms with van der Waals surface area (Å²) in [5.74, 6) is 0.862. The molecule has 0 radical (unpaired) electrons. The molecular weight excluding hydrogens is 349 g/mol. The summed E-state index contributed by atoms with van der Waals surface area (Å²) in [6.07, 6.45) is 5.63. The van der Waals surface area contributed by atoms with Crippen molar-refractivity contribution < 1.29 is 0 Å². The lowest BCUT2D eigenvalue weighted by atomic mass is 9.76. The van der Waals surface area contributed by atoms with Crippen molar-refractivity contribution in [3.05, 3.63) is 74.2 Å². The fourth-order valence-corrected chi connectivity index (χ4v) is 4.47. The van der Waals surface area contributed by atoms with E-state index in [4.69, 9.17) is 34.8 Å². The Morgan fingerprint density at radius 2 is 1.87 bits per heavy atom. The van der Waals surface area contributed by atoms with Gasteiger partial charge < -0.3 is 5.32 Å². The molecule has 1 nitrogen and oxygen atoms in total. The van der Waals surface area contributed by atoms with Crippen LogP contribution in [0.15, 0.2) is 42.5 Å². The lowest BCUT2D eigenvalue weighted by Crippen LogP contribution is -2.29. The van der Waals surface area contributed by atoms with Gasteiger partial charge in [-0.25, -0.2) is 0 Å². The zero-order valence-electron chi connectivity index (χ0n) is 12.6. The SMILES string of the molecule is Cc1cc(Cl)cc2c1N[C@H](c1ccc(Cl)c(Cl)c1)[C@@H]1CC=C[C@@H]21. The normalized spacial score (nSPS) is 25.0. The van der Waals surface area contributed by atoms with E-state index >= 15 is 0 Å². The van der Waals surface area contributed by atoms with Crippen LogP contribution in [-0.2, 0) is 0 Å². The van der Waals surface area contributed by atoms with Gasteiger partial charge in [0, 0.05) is 16.6 Å². The van der Waals surface area contributed by atoms with E-state index in [-0.39, 0.29) is 6.04 Å². The molecule has 23 heavy (non-hydrogen) atoms. The highest BCUT2D eigenvalue weighted by molar-refractivity contribution is 6.42. The molecule has 1 N–H and O–H groups in total. The van der Waals surface area contributed by atoms with Crippen LogP contribution in [-0.4, -0.2) is 0 Å². The quantitative estimate of drug-likeness (QED) is 0.550. The summed E-state index contributed by atoms with van der Waals surface area (Å²) < 4.78 is 0. The second kappa shape index (κ2) is 5.73. The highest BCUT2D eigenvalue weighted by Gasteiger charge is 2.38. The largest absolute Gasteiger partial charge is 0.377 e. The minimum absolute atomic E-state index is 0.220. The van der Waals surface area contributed by atoms with Gasteiger partial charge in [0.2, 0.25) is 0 Å². The predicted molar refractivity (Wildman–Crippen MR) is 99.0 cm³/mol. The van der Waals surface area contributed by atoms with E-state index in [1.54, 1.807) is 0 Å². The maximum absolute atomic E-state index is 6.28. The molecule has 0 unspecified atom stereocenters. The molecule has 4 rings (SSSR count). The molecule has 0 bridgehead atoms. The molecule has 0 saturated carbocycles. The van der Waals surface area contributed by atoms with Crippen LogP contribution in [0.2, 0.25) is 15.1 Å². The Morgan fingerprint density at radius 3 is 2.65 bits per heavy atom. The first-order chi connectivity index (χ1) is 11.0. The highest BCUT2D eigenvalue weighted by atomic mass is 35.5. The molecule has 4 heteroatoms. The number of hydrogen-bond donors (Lipinski definition) is 1. The van der Waals surface area contributed by atoms with E-state index in [0.717, 1.165) is 11.4 Å². The summed E-state index contributed by atoms with van der Waals surface area (Å²) in [5, 5.41) is 5.72. The van der Waals surface area contributed by atoms with Gasteiger partial charge in [-0.1, -0.05) is 53.0 Å². The van der Waals surface area contributed by atoms with Crippen molar-refractivity contribution in [2.75, 3.05) is 5.32 Å². The van der Waals surface area contributed by atoms with Crippen molar-refractivity contribution in [3.8, 4) is 0 Å². The van der Waals surface area contributed by atoms with E-state index in [1.165, 1.54) is 22.4 Å². The van der Waals surface area contributed by atoms with E-state index in [0.29, 0.717) is 21.9 Å². The number of hydrogen-bond acceptors (Lipinski definition) is 1. The van der Waals surface area contributed by atoms with Crippen molar-refractivity contribution in [1.82, 2.24) is 0 Å². The topological polar surface area (TPSA) is 12.0 Å². The van der Waals surface area contributed by atoms with Gasteiger partial charge >= 0.3 is 0 Å². The molecule has 1 aliphatic heterocycles. The van der Waals surface area contributed by atoms with Crippen LogP contribution in [0, 0.1) is 12.8 Å². The third-order valence-electron chi connectivity index (χ3n) is 4.93. The second-order valence-electron chi connectivity index (χ2n) is 6.34. The van der Waals surface area contributed by atoms with Crippen LogP contribution in [0.1, 0.15) is 35.1 Å². The van der Waals surface area contributed by atoms with Gasteiger partial charge in [0.15, 0.2) is 0 Å². The van der Waals surface area contributed by atoms with Crippen LogP contribution in [0.5, 0.6) is 0 Å². The summed E-state index contributed by atoms with van der Waals surface area (Å²) in [6.45, 7) is 2.10. The van der Waals surface area contributed by atoms with Gasteiger partial charge in [0.25, 0.3) is 0 Å². The Kier molecular flexibility index (Phi) is 3.84. The lowest BCUT2D eigenvalue weighted by molar-refractivity contribution is 0.425. The average molecular weight is 365 g/mol. The Hall–Kier alpha value is -1.15. The van der Waals surface area contributed by atoms with Gasteiger partial charge in [-0.15, -0.1) is 0 Å². The second-order valence-corrected chi connectivity index (χ2v) is 7.59. The summed E-state index contributed by atoms with van der Waals surface area (Å²) in [5.41, 5.74) is 4.85. The third-order valence-corrected chi connectivity index (χ3v) is 5.89. The molecule has 2 aromatic rings. The molecule has 0 aromatic heterocycles. The first-order valence-corrected chi connectivity index (χ1v) is 8.86. The minimum atomic E-state index is 0.220. The molecule has 0 amide bonds. The predicted octanol–water partition coefficient (Wildman–Crippen LogP) is 6.78. The van der Waals surface area contributed by atoms with Gasteiger partial charge in [0.05, 0.1) is 16.1 Å². The number of halogens is 3. The van der Waals surface area contributed by atoms with Gasteiger partial charge in [-0.05, 0) is 60.2 Å². The summed E-state index contributed by atoms with van der Waals surface area (Å²) in [7, 11) is 0. The summed E-state index contributed by atoms with van der Waals surface area (Å²) in [6, 6.07) is 10.2. The van der Waals surface area contributed by atoms with Crippen molar-refractivity contribution in [2.24, 2.45) is 5.92 Å². The average Bonchev–Trinajstić information content (AvgIpc) is 2.99. The number of anilines is 1. The van der Waals surface area contributed by atoms with E-state index < -0.39 is 0 Å². The number of nitrogens with one attached hydrogen (secondary N) is 1. The number of aryl methyl sites for hydroxylation is 1. The van der Waals surface area contributed by atoms with Gasteiger partial charge in [-0.2, -0.15) is 0 Å². The van der Waals surface area contributed by atoms with E-state index in [9.17, 15) is 0 Å². The fraction of sp³-hybridized carbons (Fsp3) is 0.263. The zero-order chi connectivity index (χ0) is 16.1. The van der Waals surface area contributed by atoms with E-state index in [1.807, 2.05) is 18.2 Å². The molecule has 0 spiro atoms.